The Hall–Kier alpha value is -7.63. The summed E-state index contributed by atoms with van der Waals surface area (Å²) in [5.41, 5.74) is 12.1. The lowest BCUT2D eigenvalue weighted by Crippen LogP contribution is -2.07. The summed E-state index contributed by atoms with van der Waals surface area (Å²) in [4.78, 5) is 15.8. The number of fused-ring (bicyclic) bond motifs is 7. The number of furan rings is 1. The molecule has 0 radical (unpaired) electrons. The summed E-state index contributed by atoms with van der Waals surface area (Å²) in [6.07, 6.45) is 0. The first-order chi connectivity index (χ1) is 27.8. The number of hydrogen-bond acceptors (Lipinski definition) is 4. The average molecular weight is 717 g/mol. The van der Waals surface area contributed by atoms with Crippen molar-refractivity contribution in [2.45, 2.75) is 0 Å². The van der Waals surface area contributed by atoms with Gasteiger partial charge in [-0.15, -0.1) is 0 Å². The van der Waals surface area contributed by atoms with Crippen molar-refractivity contribution in [2.75, 3.05) is 0 Å². The largest absolute Gasteiger partial charge is 0.454 e. The molecule has 5 nitrogen and oxygen atoms in total. The minimum atomic E-state index is 0.520. The molecule has 0 aliphatic rings. The van der Waals surface area contributed by atoms with Gasteiger partial charge >= 0.3 is 0 Å². The Labute approximate surface area is 322 Å². The highest BCUT2D eigenvalue weighted by atomic mass is 16.3. The van der Waals surface area contributed by atoms with Crippen LogP contribution in [0, 0.1) is 0 Å². The topological polar surface area (TPSA) is 56.7 Å². The average Bonchev–Trinajstić information content (AvgIpc) is 3.83. The molecule has 11 aromatic rings. The summed E-state index contributed by atoms with van der Waals surface area (Å²) in [7, 11) is 0. The van der Waals surface area contributed by atoms with Gasteiger partial charge in [0.15, 0.2) is 17.2 Å². The maximum Gasteiger partial charge on any atom is 0.238 e. The Balaban J connectivity index is 1.16. The molecule has 0 spiro atoms. The molecule has 5 heteroatoms. The molecule has 0 aliphatic heterocycles. The van der Waals surface area contributed by atoms with E-state index in [4.69, 9.17) is 19.4 Å². The summed E-state index contributed by atoms with van der Waals surface area (Å²) in [5, 5.41) is 4.29. The third kappa shape index (κ3) is 5.21. The van der Waals surface area contributed by atoms with E-state index in [0.29, 0.717) is 17.6 Å². The number of hydrogen-bond donors (Lipinski definition) is 0. The van der Waals surface area contributed by atoms with Crippen LogP contribution >= 0.6 is 0 Å². The van der Waals surface area contributed by atoms with E-state index < -0.39 is 0 Å². The molecule has 0 aliphatic carbocycles. The van der Waals surface area contributed by atoms with Crippen LogP contribution in [0.2, 0.25) is 0 Å². The summed E-state index contributed by atoms with van der Waals surface area (Å²) < 4.78 is 8.82. The highest BCUT2D eigenvalue weighted by Crippen LogP contribution is 2.42. The van der Waals surface area contributed by atoms with Crippen LogP contribution in [0.4, 0.5) is 0 Å². The van der Waals surface area contributed by atoms with Gasteiger partial charge in [-0.3, -0.25) is 4.57 Å². The van der Waals surface area contributed by atoms with Gasteiger partial charge in [-0.1, -0.05) is 170 Å². The summed E-state index contributed by atoms with van der Waals surface area (Å²) in [5.74, 6) is 1.69. The monoisotopic (exact) mass is 716 g/mol. The van der Waals surface area contributed by atoms with Crippen molar-refractivity contribution in [3.05, 3.63) is 194 Å². The van der Waals surface area contributed by atoms with Crippen LogP contribution in [0.5, 0.6) is 0 Å². The SMILES string of the molecule is c1ccc(-c2cccc(-c3ccccc3-c3ccccc3-c3nc(-c4ccccc4)nc(-n4c5ccccc5c5ccc6c7ccccc7oc6c54)n3)c2)cc1. The molecule has 3 aromatic heterocycles. The molecule has 0 saturated heterocycles. The van der Waals surface area contributed by atoms with Crippen molar-refractivity contribution in [2.24, 2.45) is 0 Å². The van der Waals surface area contributed by atoms with Crippen LogP contribution in [0.25, 0.3) is 106 Å². The summed E-state index contributed by atoms with van der Waals surface area (Å²) in [6.45, 7) is 0. The Morgan fingerprint density at radius 2 is 0.929 bits per heavy atom. The minimum absolute atomic E-state index is 0.520. The van der Waals surface area contributed by atoms with Crippen molar-refractivity contribution >= 4 is 43.7 Å². The van der Waals surface area contributed by atoms with E-state index in [1.165, 1.54) is 11.1 Å². The number of nitrogens with zero attached hydrogens (tertiary/aromatic N) is 4. The van der Waals surface area contributed by atoms with E-state index in [0.717, 1.165) is 77.1 Å². The number of para-hydroxylation sites is 2. The third-order valence-corrected chi connectivity index (χ3v) is 10.7. The van der Waals surface area contributed by atoms with Crippen LogP contribution in [0.3, 0.4) is 0 Å². The Morgan fingerprint density at radius 3 is 1.73 bits per heavy atom. The Morgan fingerprint density at radius 1 is 0.357 bits per heavy atom. The second-order valence-electron chi connectivity index (χ2n) is 14.0. The molecular formula is C51H32N4O. The maximum absolute atomic E-state index is 6.66. The molecule has 0 fully saturated rings. The second kappa shape index (κ2) is 13.0. The Kier molecular flexibility index (Phi) is 7.42. The molecule has 11 rings (SSSR count). The first-order valence-electron chi connectivity index (χ1n) is 18.8. The fraction of sp³-hybridized carbons (Fsp3) is 0. The highest BCUT2D eigenvalue weighted by molar-refractivity contribution is 6.21. The summed E-state index contributed by atoms with van der Waals surface area (Å²) >= 11 is 0. The highest BCUT2D eigenvalue weighted by Gasteiger charge is 2.23. The van der Waals surface area contributed by atoms with Crippen molar-refractivity contribution in [3.63, 3.8) is 0 Å². The molecule has 0 saturated carbocycles. The zero-order chi connectivity index (χ0) is 37.0. The van der Waals surface area contributed by atoms with E-state index in [1.54, 1.807) is 0 Å². The molecule has 262 valence electrons. The third-order valence-electron chi connectivity index (χ3n) is 10.7. The van der Waals surface area contributed by atoms with Gasteiger partial charge < -0.3 is 4.42 Å². The van der Waals surface area contributed by atoms with Crippen molar-refractivity contribution < 1.29 is 4.42 Å². The smallest absolute Gasteiger partial charge is 0.238 e. The fourth-order valence-corrected chi connectivity index (χ4v) is 8.12. The predicted molar refractivity (Wildman–Crippen MR) is 229 cm³/mol. The van der Waals surface area contributed by atoms with Gasteiger partial charge in [0.2, 0.25) is 5.95 Å². The molecule has 0 unspecified atom stereocenters. The van der Waals surface area contributed by atoms with Gasteiger partial charge in [-0.2, -0.15) is 9.97 Å². The standard InChI is InChI=1S/C51H32N4O/c1-3-16-33(17-4-1)35-20-15-21-36(32-35)37-22-7-8-23-38(37)39-24-9-10-27-44(39)50-52-49(34-18-5-2-6-19-34)53-51(54-50)55-45-28-13-11-25-40(45)42-30-31-43-41-26-12-14-29-46(41)56-48(43)47(42)55/h1-32H. The van der Waals surface area contributed by atoms with Crippen LogP contribution in [-0.2, 0) is 0 Å². The lowest BCUT2D eigenvalue weighted by molar-refractivity contribution is 0.670. The van der Waals surface area contributed by atoms with Crippen molar-refractivity contribution in [3.8, 4) is 62.1 Å². The molecule has 3 heterocycles. The van der Waals surface area contributed by atoms with Crippen LogP contribution in [0.15, 0.2) is 199 Å². The van der Waals surface area contributed by atoms with Gasteiger partial charge in [0.25, 0.3) is 0 Å². The second-order valence-corrected chi connectivity index (χ2v) is 14.0. The first kappa shape index (κ1) is 31.9. The van der Waals surface area contributed by atoms with Gasteiger partial charge in [0.1, 0.15) is 11.1 Å². The first-order valence-corrected chi connectivity index (χ1v) is 18.8. The van der Waals surface area contributed by atoms with Gasteiger partial charge in [0.05, 0.1) is 5.52 Å². The van der Waals surface area contributed by atoms with Crippen LogP contribution < -0.4 is 0 Å². The van der Waals surface area contributed by atoms with Crippen molar-refractivity contribution in [1.29, 1.82) is 0 Å². The normalized spacial score (nSPS) is 11.6. The number of rotatable bonds is 6. The number of aromatic nitrogens is 4. The zero-order valence-corrected chi connectivity index (χ0v) is 30.2. The fourth-order valence-electron chi connectivity index (χ4n) is 8.12. The minimum Gasteiger partial charge on any atom is -0.454 e. The van der Waals surface area contributed by atoms with Gasteiger partial charge in [0, 0.05) is 32.7 Å². The van der Waals surface area contributed by atoms with E-state index >= 15 is 0 Å². The van der Waals surface area contributed by atoms with Gasteiger partial charge in [-0.25, -0.2) is 4.98 Å². The molecule has 0 atom stereocenters. The summed E-state index contributed by atoms with van der Waals surface area (Å²) in [6, 6.07) is 67.4. The maximum atomic E-state index is 6.66. The van der Waals surface area contributed by atoms with E-state index in [2.05, 4.69) is 156 Å². The van der Waals surface area contributed by atoms with Crippen molar-refractivity contribution in [1.82, 2.24) is 19.5 Å². The quantitative estimate of drug-likeness (QED) is 0.172. The van der Waals surface area contributed by atoms with E-state index in [-0.39, 0.29) is 0 Å². The van der Waals surface area contributed by atoms with Crippen LogP contribution in [-0.4, -0.2) is 19.5 Å². The predicted octanol–water partition coefficient (Wildman–Crippen LogP) is 13.2. The Bertz CT molecular complexity index is 3250. The van der Waals surface area contributed by atoms with Gasteiger partial charge in [-0.05, 0) is 57.6 Å². The zero-order valence-electron chi connectivity index (χ0n) is 30.2. The molecule has 0 amide bonds. The van der Waals surface area contributed by atoms with E-state index in [1.807, 2.05) is 42.5 Å². The van der Waals surface area contributed by atoms with E-state index in [9.17, 15) is 0 Å². The number of benzene rings is 8. The molecule has 8 aromatic carbocycles. The molecular weight excluding hydrogens is 685 g/mol. The van der Waals surface area contributed by atoms with Crippen LogP contribution in [0.1, 0.15) is 0 Å². The molecule has 56 heavy (non-hydrogen) atoms. The molecule has 0 bridgehead atoms. The lowest BCUT2D eigenvalue weighted by atomic mass is 9.90. The lowest BCUT2D eigenvalue weighted by Gasteiger charge is -2.16. The molecule has 0 N–H and O–H groups in total.